The van der Waals surface area contributed by atoms with E-state index >= 15 is 0 Å². The smallest absolute Gasteiger partial charge is 0.230 e. The summed E-state index contributed by atoms with van der Waals surface area (Å²) >= 11 is 1.20. The molecule has 0 aliphatic carbocycles. The van der Waals surface area contributed by atoms with Gasteiger partial charge >= 0.3 is 0 Å². The van der Waals surface area contributed by atoms with Gasteiger partial charge in [-0.1, -0.05) is 11.8 Å². The second-order valence-electron chi connectivity index (χ2n) is 4.59. The van der Waals surface area contributed by atoms with Crippen molar-refractivity contribution in [2.24, 2.45) is 0 Å². The summed E-state index contributed by atoms with van der Waals surface area (Å²) in [6.45, 7) is 5.76. The van der Waals surface area contributed by atoms with Crippen LogP contribution in [0.4, 0.5) is 11.6 Å². The number of thioether (sulfide) groups is 1. The molecule has 0 atom stereocenters. The molecular formula is C10H17N5OS. The van der Waals surface area contributed by atoms with E-state index in [2.05, 4.69) is 15.3 Å². The molecule has 0 aliphatic rings. The second-order valence-corrected chi connectivity index (χ2v) is 5.53. The maximum Gasteiger partial charge on any atom is 0.230 e. The fourth-order valence-electron chi connectivity index (χ4n) is 1.11. The molecule has 1 aromatic heterocycles. The van der Waals surface area contributed by atoms with Crippen LogP contribution >= 0.6 is 11.8 Å². The van der Waals surface area contributed by atoms with E-state index in [1.165, 1.54) is 17.8 Å². The Balaban J connectivity index is 2.53. The third-order valence-corrected chi connectivity index (χ3v) is 2.44. The molecule has 0 saturated heterocycles. The number of hydrogen-bond acceptors (Lipinski definition) is 6. The van der Waals surface area contributed by atoms with Crippen molar-refractivity contribution in [2.75, 3.05) is 17.2 Å². The first-order chi connectivity index (χ1) is 7.76. The third-order valence-electron chi connectivity index (χ3n) is 1.59. The van der Waals surface area contributed by atoms with Crippen molar-refractivity contribution in [3.63, 3.8) is 0 Å². The number of nitrogens with zero attached hydrogens (tertiary/aromatic N) is 2. The Hall–Kier alpha value is -1.50. The van der Waals surface area contributed by atoms with Crippen LogP contribution in [-0.2, 0) is 4.79 Å². The standard InChI is InChI=1S/C10H17N5OS/c1-10(2,3)15-8(16)5-17-9-13-6(11)4-7(12)14-9/h4H,5H2,1-3H3,(H,15,16)(H4,11,12,13,14). The van der Waals surface area contributed by atoms with Crippen molar-refractivity contribution < 1.29 is 4.79 Å². The lowest BCUT2D eigenvalue weighted by atomic mass is 10.1. The maximum atomic E-state index is 11.6. The number of nitrogens with one attached hydrogen (secondary N) is 1. The molecule has 1 aromatic rings. The molecule has 17 heavy (non-hydrogen) atoms. The summed E-state index contributed by atoms with van der Waals surface area (Å²) in [6.07, 6.45) is 0. The molecule has 1 amide bonds. The van der Waals surface area contributed by atoms with Crippen LogP contribution in [0.3, 0.4) is 0 Å². The summed E-state index contributed by atoms with van der Waals surface area (Å²) < 4.78 is 0. The van der Waals surface area contributed by atoms with Gasteiger partial charge < -0.3 is 16.8 Å². The molecule has 0 spiro atoms. The average molecular weight is 255 g/mol. The average Bonchev–Trinajstić information content (AvgIpc) is 2.10. The van der Waals surface area contributed by atoms with Crippen molar-refractivity contribution in [3.8, 4) is 0 Å². The van der Waals surface area contributed by atoms with Gasteiger partial charge in [0.25, 0.3) is 0 Å². The lowest BCUT2D eigenvalue weighted by Gasteiger charge is -2.20. The Kier molecular flexibility index (Phi) is 4.17. The minimum Gasteiger partial charge on any atom is -0.383 e. The normalized spacial score (nSPS) is 11.2. The van der Waals surface area contributed by atoms with Crippen LogP contribution in [0.5, 0.6) is 0 Å². The number of aromatic nitrogens is 2. The third kappa shape index (κ3) is 5.39. The predicted molar refractivity (Wildman–Crippen MR) is 69.5 cm³/mol. The summed E-state index contributed by atoms with van der Waals surface area (Å²) in [5, 5.41) is 3.25. The fraction of sp³-hybridized carbons (Fsp3) is 0.500. The monoisotopic (exact) mass is 255 g/mol. The fourth-order valence-corrected chi connectivity index (χ4v) is 1.78. The first kappa shape index (κ1) is 13.6. The van der Waals surface area contributed by atoms with Crippen LogP contribution in [-0.4, -0.2) is 27.2 Å². The molecule has 0 radical (unpaired) electrons. The van der Waals surface area contributed by atoms with E-state index in [9.17, 15) is 4.79 Å². The SMILES string of the molecule is CC(C)(C)NC(=O)CSc1nc(N)cc(N)n1. The van der Waals surface area contributed by atoms with Crippen LogP contribution in [0.25, 0.3) is 0 Å². The van der Waals surface area contributed by atoms with Gasteiger partial charge in [-0.2, -0.15) is 0 Å². The van der Waals surface area contributed by atoms with E-state index < -0.39 is 0 Å². The van der Waals surface area contributed by atoms with Crippen molar-refractivity contribution in [2.45, 2.75) is 31.5 Å². The number of amides is 1. The number of hydrogen-bond donors (Lipinski definition) is 3. The first-order valence-corrected chi connectivity index (χ1v) is 6.09. The molecule has 1 heterocycles. The van der Waals surface area contributed by atoms with Gasteiger partial charge in [0.2, 0.25) is 5.91 Å². The number of carbonyl (C=O) groups is 1. The van der Waals surface area contributed by atoms with Crippen LogP contribution < -0.4 is 16.8 Å². The van der Waals surface area contributed by atoms with E-state index in [0.29, 0.717) is 16.8 Å². The zero-order chi connectivity index (χ0) is 13.1. The summed E-state index contributed by atoms with van der Waals surface area (Å²) in [5.74, 6) is 0.764. The van der Waals surface area contributed by atoms with Crippen molar-refractivity contribution >= 4 is 29.3 Å². The van der Waals surface area contributed by atoms with Crippen molar-refractivity contribution in [1.82, 2.24) is 15.3 Å². The summed E-state index contributed by atoms with van der Waals surface area (Å²) in [7, 11) is 0. The van der Waals surface area contributed by atoms with Gasteiger partial charge in [-0.05, 0) is 20.8 Å². The molecule has 0 aromatic carbocycles. The highest BCUT2D eigenvalue weighted by molar-refractivity contribution is 7.99. The topological polar surface area (TPSA) is 107 Å². The van der Waals surface area contributed by atoms with Gasteiger partial charge in [-0.15, -0.1) is 0 Å². The highest BCUT2D eigenvalue weighted by atomic mass is 32.2. The molecule has 1 rings (SSSR count). The highest BCUT2D eigenvalue weighted by Crippen LogP contribution is 2.16. The molecule has 7 heteroatoms. The van der Waals surface area contributed by atoms with E-state index in [1.807, 2.05) is 20.8 Å². The number of carbonyl (C=O) groups excluding carboxylic acids is 1. The van der Waals surface area contributed by atoms with Crippen LogP contribution in [0, 0.1) is 0 Å². The van der Waals surface area contributed by atoms with E-state index in [1.54, 1.807) is 0 Å². The number of anilines is 2. The van der Waals surface area contributed by atoms with Gasteiger partial charge in [-0.25, -0.2) is 9.97 Å². The second kappa shape index (κ2) is 5.22. The minimum atomic E-state index is -0.243. The summed E-state index contributed by atoms with van der Waals surface area (Å²) in [5.41, 5.74) is 10.8. The molecular weight excluding hydrogens is 238 g/mol. The molecule has 0 bridgehead atoms. The number of nitrogens with two attached hydrogens (primary N) is 2. The summed E-state index contributed by atoms with van der Waals surface area (Å²) in [6, 6.07) is 1.47. The maximum absolute atomic E-state index is 11.6. The van der Waals surface area contributed by atoms with Crippen LogP contribution in [0.15, 0.2) is 11.2 Å². The van der Waals surface area contributed by atoms with E-state index in [0.717, 1.165) is 0 Å². The van der Waals surface area contributed by atoms with E-state index in [4.69, 9.17) is 11.5 Å². The van der Waals surface area contributed by atoms with Gasteiger partial charge in [-0.3, -0.25) is 4.79 Å². The highest BCUT2D eigenvalue weighted by Gasteiger charge is 2.14. The van der Waals surface area contributed by atoms with Gasteiger partial charge in [0, 0.05) is 11.6 Å². The Bertz CT molecular complexity index is 395. The van der Waals surface area contributed by atoms with Gasteiger partial charge in [0.05, 0.1) is 5.75 Å². The Labute approximate surface area is 105 Å². The Morgan fingerprint density at radius 3 is 2.35 bits per heavy atom. The predicted octanol–water partition coefficient (Wildman–Crippen LogP) is 0.648. The molecule has 0 unspecified atom stereocenters. The molecule has 0 aliphatic heterocycles. The molecule has 6 nitrogen and oxygen atoms in total. The largest absolute Gasteiger partial charge is 0.383 e. The van der Waals surface area contributed by atoms with Gasteiger partial charge in [0.15, 0.2) is 5.16 Å². The number of nitrogen functional groups attached to an aromatic ring is 2. The Morgan fingerprint density at radius 2 is 1.88 bits per heavy atom. The van der Waals surface area contributed by atoms with Gasteiger partial charge in [0.1, 0.15) is 11.6 Å². The van der Waals surface area contributed by atoms with Crippen molar-refractivity contribution in [3.05, 3.63) is 6.07 Å². The molecule has 94 valence electrons. The Morgan fingerprint density at radius 1 is 1.35 bits per heavy atom. The molecule has 0 fully saturated rings. The molecule has 0 saturated carbocycles. The van der Waals surface area contributed by atoms with Crippen LogP contribution in [0.1, 0.15) is 20.8 Å². The van der Waals surface area contributed by atoms with Crippen molar-refractivity contribution in [1.29, 1.82) is 0 Å². The number of rotatable bonds is 3. The summed E-state index contributed by atoms with van der Waals surface area (Å²) in [4.78, 5) is 19.5. The van der Waals surface area contributed by atoms with Crippen LogP contribution in [0.2, 0.25) is 0 Å². The zero-order valence-electron chi connectivity index (χ0n) is 10.2. The molecule has 5 N–H and O–H groups in total. The lowest BCUT2D eigenvalue weighted by Crippen LogP contribution is -2.41. The first-order valence-electron chi connectivity index (χ1n) is 5.10. The quantitative estimate of drug-likeness (QED) is 0.540. The minimum absolute atomic E-state index is 0.0768. The zero-order valence-corrected chi connectivity index (χ0v) is 11.0. The van der Waals surface area contributed by atoms with E-state index in [-0.39, 0.29) is 17.2 Å². The lowest BCUT2D eigenvalue weighted by molar-refractivity contribution is -0.119.